The molecule has 2 spiro atoms. The first-order valence-corrected chi connectivity index (χ1v) is 9.05. The van der Waals surface area contributed by atoms with Crippen LogP contribution in [0.5, 0.6) is 0 Å². The van der Waals surface area contributed by atoms with Crippen molar-refractivity contribution >= 4 is 11.8 Å². The summed E-state index contributed by atoms with van der Waals surface area (Å²) < 4.78 is 29.5. The Hall–Kier alpha value is -1.28. The number of hydrogen-bond donors (Lipinski definition) is 0. The molecule has 7 heteroatoms. The van der Waals surface area contributed by atoms with Gasteiger partial charge in [0, 0.05) is 24.8 Å². The summed E-state index contributed by atoms with van der Waals surface area (Å²) in [7, 11) is 1.30. The minimum atomic E-state index is -1.04. The van der Waals surface area contributed by atoms with Crippen molar-refractivity contribution in [3.05, 3.63) is 11.6 Å². The van der Waals surface area contributed by atoms with Crippen molar-refractivity contribution in [2.45, 2.75) is 68.7 Å². The van der Waals surface area contributed by atoms with Gasteiger partial charge >= 0.3 is 5.97 Å². The van der Waals surface area contributed by atoms with Gasteiger partial charge in [0.2, 0.25) is 11.6 Å². The van der Waals surface area contributed by atoms with Crippen LogP contribution < -0.4 is 0 Å². The highest BCUT2D eigenvalue weighted by Crippen LogP contribution is 2.50. The molecule has 1 aliphatic carbocycles. The Kier molecular flexibility index (Phi) is 4.43. The molecule has 138 valence electrons. The molecule has 3 heterocycles. The topological polar surface area (TPSA) is 80.3 Å². The standard InChI is InChI=1S/C18H24O7/c1-21-16(20)12-10-13(19)15-14(11-12)24-17(6-2-4-8-22-17)18(25-15)7-3-5-9-23-18/h10,14-15H,2-9,11H2,1H3/t14-,15-,17+,18+/m1/s1. The van der Waals surface area contributed by atoms with Gasteiger partial charge in [0.15, 0.2) is 5.78 Å². The summed E-state index contributed by atoms with van der Waals surface area (Å²) in [6, 6.07) is 0. The average molecular weight is 352 g/mol. The Labute approximate surface area is 146 Å². The summed E-state index contributed by atoms with van der Waals surface area (Å²) >= 11 is 0. The lowest BCUT2D eigenvalue weighted by molar-refractivity contribution is -0.475. The Bertz CT molecular complexity index is 584. The first-order chi connectivity index (χ1) is 12.1. The van der Waals surface area contributed by atoms with Crippen molar-refractivity contribution in [3.8, 4) is 0 Å². The van der Waals surface area contributed by atoms with Crippen molar-refractivity contribution in [2.75, 3.05) is 20.3 Å². The highest BCUT2D eigenvalue weighted by atomic mass is 16.8. The number of methoxy groups -OCH3 is 1. The molecule has 0 aromatic heterocycles. The van der Waals surface area contributed by atoms with Crippen LogP contribution in [-0.4, -0.2) is 55.9 Å². The Morgan fingerprint density at radius 3 is 2.28 bits per heavy atom. The zero-order valence-corrected chi connectivity index (χ0v) is 14.5. The van der Waals surface area contributed by atoms with E-state index in [2.05, 4.69) is 0 Å². The molecule has 3 saturated heterocycles. The second kappa shape index (κ2) is 6.46. The predicted octanol–water partition coefficient (Wildman–Crippen LogP) is 1.64. The third-order valence-electron chi connectivity index (χ3n) is 5.51. The molecule has 7 nitrogen and oxygen atoms in total. The second-order valence-electron chi connectivity index (χ2n) is 7.08. The zero-order chi connectivity index (χ0) is 17.5. The van der Waals surface area contributed by atoms with E-state index in [-0.39, 0.29) is 12.2 Å². The Morgan fingerprint density at radius 2 is 1.72 bits per heavy atom. The molecule has 4 atom stereocenters. The molecule has 0 bridgehead atoms. The summed E-state index contributed by atoms with van der Waals surface area (Å²) in [5, 5.41) is 0. The molecule has 0 saturated carbocycles. The van der Waals surface area contributed by atoms with Crippen LogP contribution in [0.4, 0.5) is 0 Å². The third kappa shape index (κ3) is 2.73. The van der Waals surface area contributed by atoms with Gasteiger partial charge in [-0.3, -0.25) is 4.79 Å². The maximum Gasteiger partial charge on any atom is 0.333 e. The van der Waals surface area contributed by atoms with E-state index in [4.69, 9.17) is 23.7 Å². The summed E-state index contributed by atoms with van der Waals surface area (Å²) in [5.41, 5.74) is 0.309. The maximum atomic E-state index is 12.6. The molecule has 0 amide bonds. The monoisotopic (exact) mass is 352 g/mol. The lowest BCUT2D eigenvalue weighted by Crippen LogP contribution is -2.71. The van der Waals surface area contributed by atoms with E-state index in [1.165, 1.54) is 13.2 Å². The molecule has 4 rings (SSSR count). The fraction of sp³-hybridized carbons (Fsp3) is 0.778. The number of rotatable bonds is 1. The number of hydrogen-bond acceptors (Lipinski definition) is 7. The van der Waals surface area contributed by atoms with Crippen molar-refractivity contribution < 1.29 is 33.3 Å². The van der Waals surface area contributed by atoms with Gasteiger partial charge in [-0.15, -0.1) is 0 Å². The van der Waals surface area contributed by atoms with Gasteiger partial charge in [0.1, 0.15) is 6.10 Å². The molecular formula is C18H24O7. The average Bonchev–Trinajstić information content (AvgIpc) is 2.64. The molecule has 0 unspecified atom stereocenters. The van der Waals surface area contributed by atoms with Crippen LogP contribution in [0, 0.1) is 0 Å². The van der Waals surface area contributed by atoms with Crippen molar-refractivity contribution in [2.24, 2.45) is 0 Å². The van der Waals surface area contributed by atoms with E-state index in [9.17, 15) is 9.59 Å². The molecule has 0 aromatic rings. The summed E-state index contributed by atoms with van der Waals surface area (Å²) in [5.74, 6) is -2.84. The van der Waals surface area contributed by atoms with E-state index in [0.29, 0.717) is 31.6 Å². The van der Waals surface area contributed by atoms with E-state index in [1.54, 1.807) is 0 Å². The van der Waals surface area contributed by atoms with Gasteiger partial charge in [-0.2, -0.15) is 0 Å². The van der Waals surface area contributed by atoms with Crippen LogP contribution in [-0.2, 0) is 33.3 Å². The van der Waals surface area contributed by atoms with Gasteiger partial charge in [0.25, 0.3) is 0 Å². The molecule has 3 fully saturated rings. The number of esters is 1. The molecule has 0 aromatic carbocycles. The van der Waals surface area contributed by atoms with Crippen LogP contribution in [0.3, 0.4) is 0 Å². The molecule has 0 N–H and O–H groups in total. The van der Waals surface area contributed by atoms with E-state index in [1.807, 2.05) is 0 Å². The van der Waals surface area contributed by atoms with Crippen molar-refractivity contribution in [1.29, 1.82) is 0 Å². The summed E-state index contributed by atoms with van der Waals surface area (Å²) in [6.07, 6.45) is 5.32. The fourth-order valence-electron chi connectivity index (χ4n) is 4.28. The lowest BCUT2D eigenvalue weighted by atomic mass is 9.85. The van der Waals surface area contributed by atoms with Gasteiger partial charge in [0.05, 0.1) is 26.4 Å². The molecule has 4 aliphatic rings. The van der Waals surface area contributed by atoms with Gasteiger partial charge in [-0.05, 0) is 31.8 Å². The van der Waals surface area contributed by atoms with Crippen molar-refractivity contribution in [3.63, 3.8) is 0 Å². The number of ether oxygens (including phenoxy) is 5. The number of carbonyl (C=O) groups is 2. The van der Waals surface area contributed by atoms with E-state index >= 15 is 0 Å². The van der Waals surface area contributed by atoms with Crippen LogP contribution >= 0.6 is 0 Å². The second-order valence-corrected chi connectivity index (χ2v) is 7.08. The summed E-state index contributed by atoms with van der Waals surface area (Å²) in [6.45, 7) is 1.13. The largest absolute Gasteiger partial charge is 0.466 e. The first kappa shape index (κ1) is 17.1. The van der Waals surface area contributed by atoms with Gasteiger partial charge < -0.3 is 23.7 Å². The quantitative estimate of drug-likeness (QED) is 0.664. The fourth-order valence-corrected chi connectivity index (χ4v) is 4.28. The Morgan fingerprint density at radius 1 is 1.08 bits per heavy atom. The molecule has 25 heavy (non-hydrogen) atoms. The zero-order valence-electron chi connectivity index (χ0n) is 14.5. The van der Waals surface area contributed by atoms with Crippen molar-refractivity contribution in [1.82, 2.24) is 0 Å². The van der Waals surface area contributed by atoms with Crippen LogP contribution in [0.15, 0.2) is 11.6 Å². The highest BCUT2D eigenvalue weighted by molar-refractivity contribution is 6.03. The predicted molar refractivity (Wildman–Crippen MR) is 84.5 cm³/mol. The van der Waals surface area contributed by atoms with Crippen LogP contribution in [0.25, 0.3) is 0 Å². The lowest BCUT2D eigenvalue weighted by Gasteiger charge is -2.58. The molecule has 0 radical (unpaired) electrons. The third-order valence-corrected chi connectivity index (χ3v) is 5.51. The first-order valence-electron chi connectivity index (χ1n) is 9.05. The highest BCUT2D eigenvalue weighted by Gasteiger charge is 2.64. The minimum Gasteiger partial charge on any atom is -0.466 e. The maximum absolute atomic E-state index is 12.6. The van der Waals surface area contributed by atoms with Crippen LogP contribution in [0.1, 0.15) is 44.9 Å². The molecule has 3 aliphatic heterocycles. The van der Waals surface area contributed by atoms with Gasteiger partial charge in [-0.25, -0.2) is 4.79 Å². The summed E-state index contributed by atoms with van der Waals surface area (Å²) in [4.78, 5) is 24.4. The molecular weight excluding hydrogens is 328 g/mol. The normalized spacial score (nSPS) is 41.3. The van der Waals surface area contributed by atoms with E-state index < -0.39 is 29.8 Å². The number of carbonyl (C=O) groups excluding carboxylic acids is 2. The number of ketones is 1. The van der Waals surface area contributed by atoms with Gasteiger partial charge in [-0.1, -0.05) is 0 Å². The van der Waals surface area contributed by atoms with E-state index in [0.717, 1.165) is 25.7 Å². The smallest absolute Gasteiger partial charge is 0.333 e. The SMILES string of the molecule is COC(=O)C1=CC(=O)[C@H]2O[C@@]3(CCCCO3)[C@]3(CCCCO3)O[C@@H]2C1. The Balaban J connectivity index is 1.67. The van der Waals surface area contributed by atoms with Crippen LogP contribution in [0.2, 0.25) is 0 Å². The minimum absolute atomic E-state index is 0.268. The number of fused-ring (bicyclic) bond motifs is 2.